The smallest absolute Gasteiger partial charge is 0.257 e. The van der Waals surface area contributed by atoms with E-state index < -0.39 is 0 Å². The zero-order valence-electron chi connectivity index (χ0n) is 18.6. The highest BCUT2D eigenvalue weighted by atomic mass is 32.1. The number of nitrogens with one attached hydrogen (secondary N) is 2. The number of rotatable bonds is 3. The van der Waals surface area contributed by atoms with Crippen molar-refractivity contribution in [3.8, 4) is 0 Å². The maximum Gasteiger partial charge on any atom is 0.257 e. The number of piperazine rings is 1. The highest BCUT2D eigenvalue weighted by Crippen LogP contribution is 2.22. The van der Waals surface area contributed by atoms with Crippen LogP contribution in [0.2, 0.25) is 0 Å². The molecule has 3 rings (SSSR count). The van der Waals surface area contributed by atoms with Gasteiger partial charge in [0.15, 0.2) is 5.11 Å². The average Bonchev–Trinajstić information content (AvgIpc) is 2.73. The Hall–Kier alpha value is -2.93. The third-order valence-corrected chi connectivity index (χ3v) is 5.52. The summed E-state index contributed by atoms with van der Waals surface area (Å²) in [4.78, 5) is 29.1. The number of nitrogens with zero attached hydrogens (tertiary/aromatic N) is 2. The number of aryl methyl sites for hydroxylation is 1. The Bertz CT molecular complexity index is 958. The molecule has 1 aliphatic rings. The molecule has 0 unspecified atom stereocenters. The van der Waals surface area contributed by atoms with Crippen LogP contribution in [-0.2, 0) is 4.79 Å². The number of thiocarbonyl (C=S) groups is 1. The lowest BCUT2D eigenvalue weighted by molar-refractivity contribution is -0.139. The second-order valence-electron chi connectivity index (χ2n) is 8.80. The van der Waals surface area contributed by atoms with Crippen LogP contribution in [0.4, 0.5) is 11.4 Å². The van der Waals surface area contributed by atoms with E-state index in [2.05, 4.69) is 15.5 Å². The summed E-state index contributed by atoms with van der Waals surface area (Å²) < 4.78 is 0. The van der Waals surface area contributed by atoms with E-state index in [1.165, 1.54) is 0 Å². The summed E-state index contributed by atoms with van der Waals surface area (Å²) in [6.45, 7) is 10.8. The fraction of sp³-hybridized carbons (Fsp3) is 0.375. The second-order valence-corrected chi connectivity index (χ2v) is 9.21. The van der Waals surface area contributed by atoms with Crippen LogP contribution in [0.5, 0.6) is 0 Å². The first-order valence-corrected chi connectivity index (χ1v) is 10.9. The zero-order valence-corrected chi connectivity index (χ0v) is 19.4. The standard InChI is InChI=1S/C24H30N4O2S/c1-17-7-5-6-8-20(17)21(29)26-23(31)25-18-9-11-19(12-10-18)27-13-15-28(16-14-27)22(30)24(2,3)4/h5-12H,13-16H2,1-4H3,(H2,25,26,29,31). The van der Waals surface area contributed by atoms with Gasteiger partial charge in [-0.1, -0.05) is 39.0 Å². The summed E-state index contributed by atoms with van der Waals surface area (Å²) >= 11 is 5.29. The van der Waals surface area contributed by atoms with Crippen LogP contribution in [0, 0.1) is 12.3 Å². The van der Waals surface area contributed by atoms with Crippen LogP contribution in [0.15, 0.2) is 48.5 Å². The largest absolute Gasteiger partial charge is 0.368 e. The van der Waals surface area contributed by atoms with Gasteiger partial charge in [-0.05, 0) is 55.0 Å². The van der Waals surface area contributed by atoms with Crippen LogP contribution in [0.3, 0.4) is 0 Å². The summed E-state index contributed by atoms with van der Waals surface area (Å²) in [7, 11) is 0. The minimum absolute atomic E-state index is 0.202. The molecule has 0 aliphatic carbocycles. The first kappa shape index (κ1) is 22.7. The molecule has 0 atom stereocenters. The number of benzene rings is 2. The van der Waals surface area contributed by atoms with Crippen LogP contribution in [-0.4, -0.2) is 48.0 Å². The average molecular weight is 439 g/mol. The third kappa shape index (κ3) is 5.82. The van der Waals surface area contributed by atoms with Gasteiger partial charge >= 0.3 is 0 Å². The van der Waals surface area contributed by atoms with Crippen LogP contribution < -0.4 is 15.5 Å². The third-order valence-electron chi connectivity index (χ3n) is 5.32. The molecule has 6 nitrogen and oxygen atoms in total. The quantitative estimate of drug-likeness (QED) is 0.714. The van der Waals surface area contributed by atoms with Gasteiger partial charge in [0.05, 0.1) is 0 Å². The minimum atomic E-state index is -0.345. The van der Waals surface area contributed by atoms with Crippen molar-refractivity contribution in [3.05, 3.63) is 59.7 Å². The molecular formula is C24H30N4O2S. The van der Waals surface area contributed by atoms with E-state index in [0.717, 1.165) is 43.1 Å². The normalized spacial score (nSPS) is 14.2. The fourth-order valence-electron chi connectivity index (χ4n) is 3.56. The van der Waals surface area contributed by atoms with Gasteiger partial charge < -0.3 is 15.1 Å². The highest BCUT2D eigenvalue weighted by molar-refractivity contribution is 7.80. The lowest BCUT2D eigenvalue weighted by Crippen LogP contribution is -2.51. The highest BCUT2D eigenvalue weighted by Gasteiger charge is 2.29. The van der Waals surface area contributed by atoms with Crippen molar-refractivity contribution in [2.75, 3.05) is 36.4 Å². The predicted molar refractivity (Wildman–Crippen MR) is 130 cm³/mol. The van der Waals surface area contributed by atoms with Crippen LogP contribution in [0.1, 0.15) is 36.7 Å². The molecule has 1 fully saturated rings. The van der Waals surface area contributed by atoms with E-state index in [9.17, 15) is 9.59 Å². The molecular weight excluding hydrogens is 408 g/mol. The molecule has 1 heterocycles. The van der Waals surface area contributed by atoms with Crippen molar-refractivity contribution < 1.29 is 9.59 Å². The number of hydrogen-bond donors (Lipinski definition) is 2. The first-order valence-electron chi connectivity index (χ1n) is 10.5. The molecule has 2 aromatic rings. The molecule has 1 saturated heterocycles. The number of amides is 2. The Kier molecular flexibility index (Phi) is 6.95. The Labute approximate surface area is 189 Å². The van der Waals surface area contributed by atoms with Crippen molar-refractivity contribution in [1.29, 1.82) is 0 Å². The Morgan fingerprint density at radius 1 is 0.935 bits per heavy atom. The predicted octanol–water partition coefficient (Wildman–Crippen LogP) is 3.82. The van der Waals surface area contributed by atoms with Crippen molar-refractivity contribution in [3.63, 3.8) is 0 Å². The number of hydrogen-bond acceptors (Lipinski definition) is 4. The monoisotopic (exact) mass is 438 g/mol. The topological polar surface area (TPSA) is 64.7 Å². The van der Waals surface area contributed by atoms with Gasteiger partial charge in [-0.2, -0.15) is 0 Å². The van der Waals surface area contributed by atoms with Gasteiger partial charge in [0, 0.05) is 48.5 Å². The molecule has 0 saturated carbocycles. The van der Waals surface area contributed by atoms with Gasteiger partial charge in [0.1, 0.15) is 0 Å². The molecule has 2 N–H and O–H groups in total. The lowest BCUT2D eigenvalue weighted by atomic mass is 9.94. The summed E-state index contributed by atoms with van der Waals surface area (Å²) in [6, 6.07) is 15.3. The van der Waals surface area contributed by atoms with E-state index in [1.807, 2.05) is 75.1 Å². The summed E-state index contributed by atoms with van der Waals surface area (Å²) in [5.74, 6) is -0.0251. The number of carbonyl (C=O) groups excluding carboxylic acids is 2. The van der Waals surface area contributed by atoms with E-state index in [4.69, 9.17) is 12.2 Å². The zero-order chi connectivity index (χ0) is 22.6. The molecule has 2 aromatic carbocycles. The Balaban J connectivity index is 1.53. The maximum atomic E-state index is 12.5. The Morgan fingerprint density at radius 2 is 1.55 bits per heavy atom. The first-order chi connectivity index (χ1) is 14.6. The minimum Gasteiger partial charge on any atom is -0.368 e. The van der Waals surface area contributed by atoms with Gasteiger partial charge in [-0.15, -0.1) is 0 Å². The second kappa shape index (κ2) is 9.47. The van der Waals surface area contributed by atoms with E-state index in [1.54, 1.807) is 6.07 Å². The SMILES string of the molecule is Cc1ccccc1C(=O)NC(=S)Nc1ccc(N2CCN(C(=O)C(C)(C)C)CC2)cc1. The summed E-state index contributed by atoms with van der Waals surface area (Å²) in [5.41, 5.74) is 3.06. The summed E-state index contributed by atoms with van der Waals surface area (Å²) in [6.07, 6.45) is 0. The molecule has 0 radical (unpaired) electrons. The van der Waals surface area contributed by atoms with Crippen molar-refractivity contribution in [2.45, 2.75) is 27.7 Å². The van der Waals surface area contributed by atoms with Crippen LogP contribution >= 0.6 is 12.2 Å². The molecule has 31 heavy (non-hydrogen) atoms. The lowest BCUT2D eigenvalue weighted by Gasteiger charge is -2.38. The van der Waals surface area contributed by atoms with Crippen molar-refractivity contribution in [2.24, 2.45) is 5.41 Å². The number of anilines is 2. The van der Waals surface area contributed by atoms with Crippen molar-refractivity contribution >= 4 is 40.5 Å². The maximum absolute atomic E-state index is 12.5. The van der Waals surface area contributed by atoms with Gasteiger partial charge in [-0.3, -0.25) is 14.9 Å². The molecule has 0 aromatic heterocycles. The van der Waals surface area contributed by atoms with Crippen molar-refractivity contribution in [1.82, 2.24) is 10.2 Å². The molecule has 7 heteroatoms. The van der Waals surface area contributed by atoms with Crippen LogP contribution in [0.25, 0.3) is 0 Å². The summed E-state index contributed by atoms with van der Waals surface area (Å²) in [5, 5.41) is 6.04. The number of carbonyl (C=O) groups is 2. The van der Waals surface area contributed by atoms with E-state index in [0.29, 0.717) is 5.56 Å². The van der Waals surface area contributed by atoms with Gasteiger partial charge in [0.25, 0.3) is 5.91 Å². The van der Waals surface area contributed by atoms with E-state index >= 15 is 0 Å². The van der Waals surface area contributed by atoms with Gasteiger partial charge in [0.2, 0.25) is 5.91 Å². The van der Waals surface area contributed by atoms with Gasteiger partial charge in [-0.25, -0.2) is 0 Å². The van der Waals surface area contributed by atoms with E-state index in [-0.39, 0.29) is 22.3 Å². The molecule has 164 valence electrons. The fourth-order valence-corrected chi connectivity index (χ4v) is 3.77. The molecule has 0 spiro atoms. The molecule has 0 bridgehead atoms. The Morgan fingerprint density at radius 3 is 2.13 bits per heavy atom. The molecule has 1 aliphatic heterocycles. The molecule has 2 amide bonds.